The summed E-state index contributed by atoms with van der Waals surface area (Å²) in [7, 11) is 0. The highest BCUT2D eigenvalue weighted by molar-refractivity contribution is 5.73. The molecule has 0 radical (unpaired) electrons. The van der Waals surface area contributed by atoms with Gasteiger partial charge in [-0.3, -0.25) is 4.79 Å². The average Bonchev–Trinajstić information content (AvgIpc) is 2.42. The van der Waals surface area contributed by atoms with Gasteiger partial charge in [0.2, 0.25) is 0 Å². The number of carbonyl (C=O) groups is 2. The number of rotatable bonds is 7. The summed E-state index contributed by atoms with van der Waals surface area (Å²) in [5, 5.41) is 14.4. The van der Waals surface area contributed by atoms with Crippen LogP contribution in [0.4, 0.5) is 4.79 Å². The molecule has 1 unspecified atom stereocenters. The van der Waals surface area contributed by atoms with E-state index < -0.39 is 5.97 Å². The highest BCUT2D eigenvalue weighted by Crippen LogP contribution is 2.28. The first-order valence-corrected chi connectivity index (χ1v) is 7.25. The van der Waals surface area contributed by atoms with Crippen LogP contribution in [0.25, 0.3) is 0 Å². The van der Waals surface area contributed by atoms with E-state index in [0.29, 0.717) is 25.9 Å². The van der Waals surface area contributed by atoms with Gasteiger partial charge < -0.3 is 20.5 Å². The number of aliphatic carboxylic acids is 1. The van der Waals surface area contributed by atoms with E-state index in [0.717, 1.165) is 26.1 Å². The molecule has 1 saturated heterocycles. The predicted octanol–water partition coefficient (Wildman–Crippen LogP) is 1.60. The molecule has 20 heavy (non-hydrogen) atoms. The fourth-order valence-electron chi connectivity index (χ4n) is 2.13. The Labute approximate surface area is 120 Å². The Balaban J connectivity index is 2.10. The van der Waals surface area contributed by atoms with E-state index in [2.05, 4.69) is 17.6 Å². The van der Waals surface area contributed by atoms with Gasteiger partial charge in [0.25, 0.3) is 0 Å². The average molecular weight is 286 g/mol. The molecule has 0 aromatic rings. The van der Waals surface area contributed by atoms with Crippen molar-refractivity contribution in [1.29, 1.82) is 0 Å². The van der Waals surface area contributed by atoms with Gasteiger partial charge in [-0.1, -0.05) is 13.8 Å². The number of carbonyl (C=O) groups excluding carboxylic acids is 1. The molecule has 0 aromatic heterocycles. The summed E-state index contributed by atoms with van der Waals surface area (Å²) in [4.78, 5) is 22.3. The quantitative estimate of drug-likeness (QED) is 0.620. The topological polar surface area (TPSA) is 87.7 Å². The molecular formula is C14H26N2O4. The zero-order valence-electron chi connectivity index (χ0n) is 12.4. The third kappa shape index (κ3) is 6.23. The Morgan fingerprint density at radius 1 is 1.30 bits per heavy atom. The van der Waals surface area contributed by atoms with Crippen LogP contribution in [0.15, 0.2) is 0 Å². The minimum Gasteiger partial charge on any atom is -0.481 e. The number of hydrogen-bond donors (Lipinski definition) is 3. The van der Waals surface area contributed by atoms with Gasteiger partial charge in [-0.25, -0.2) is 4.79 Å². The van der Waals surface area contributed by atoms with Gasteiger partial charge in [0.15, 0.2) is 0 Å². The third-order valence-electron chi connectivity index (χ3n) is 3.90. The van der Waals surface area contributed by atoms with Crippen LogP contribution >= 0.6 is 0 Å². The van der Waals surface area contributed by atoms with Crippen LogP contribution in [-0.4, -0.2) is 43.4 Å². The number of amides is 2. The zero-order chi connectivity index (χ0) is 15.0. The second kappa shape index (κ2) is 8.09. The van der Waals surface area contributed by atoms with Crippen molar-refractivity contribution < 1.29 is 19.4 Å². The largest absolute Gasteiger partial charge is 0.481 e. The molecule has 3 N–H and O–H groups in total. The van der Waals surface area contributed by atoms with E-state index >= 15 is 0 Å². The van der Waals surface area contributed by atoms with Crippen LogP contribution in [-0.2, 0) is 9.53 Å². The van der Waals surface area contributed by atoms with Crippen LogP contribution in [0.5, 0.6) is 0 Å². The van der Waals surface area contributed by atoms with Crippen molar-refractivity contribution in [3.63, 3.8) is 0 Å². The first-order chi connectivity index (χ1) is 9.43. The first-order valence-electron chi connectivity index (χ1n) is 7.25. The maximum atomic E-state index is 11.6. The second-order valence-corrected chi connectivity index (χ2v) is 5.91. The molecule has 116 valence electrons. The van der Waals surface area contributed by atoms with Crippen molar-refractivity contribution in [3.8, 4) is 0 Å². The van der Waals surface area contributed by atoms with E-state index in [4.69, 9.17) is 9.84 Å². The molecule has 1 aliphatic rings. The van der Waals surface area contributed by atoms with Crippen molar-refractivity contribution in [2.24, 2.45) is 11.3 Å². The standard InChI is InChI=1S/C14H26N2O4/c1-11(12(17)18)4-3-7-15-13(19)16-10-14(2)5-8-20-9-6-14/h11H,3-10H2,1-2H3,(H,17,18)(H2,15,16,19). The maximum absolute atomic E-state index is 11.6. The smallest absolute Gasteiger partial charge is 0.314 e. The van der Waals surface area contributed by atoms with Crippen LogP contribution in [0.3, 0.4) is 0 Å². The van der Waals surface area contributed by atoms with Crippen molar-refractivity contribution in [1.82, 2.24) is 10.6 Å². The summed E-state index contributed by atoms with van der Waals surface area (Å²) in [5.41, 5.74) is 0.118. The van der Waals surface area contributed by atoms with Crippen molar-refractivity contribution in [3.05, 3.63) is 0 Å². The van der Waals surface area contributed by atoms with E-state index in [-0.39, 0.29) is 17.4 Å². The Morgan fingerprint density at radius 3 is 2.55 bits per heavy atom. The molecule has 0 saturated carbocycles. The summed E-state index contributed by atoms with van der Waals surface area (Å²) in [6, 6.07) is -0.180. The molecule has 1 aliphatic heterocycles. The Hall–Kier alpha value is -1.30. The molecule has 6 heteroatoms. The van der Waals surface area contributed by atoms with E-state index in [1.54, 1.807) is 6.92 Å². The predicted molar refractivity (Wildman–Crippen MR) is 75.6 cm³/mol. The normalized spacial score (nSPS) is 19.1. The van der Waals surface area contributed by atoms with Crippen LogP contribution in [0.1, 0.15) is 39.5 Å². The highest BCUT2D eigenvalue weighted by Gasteiger charge is 2.27. The summed E-state index contributed by atoms with van der Waals surface area (Å²) >= 11 is 0. The Bertz CT molecular complexity index is 327. The summed E-state index contributed by atoms with van der Waals surface area (Å²) in [6.45, 7) is 6.50. The molecule has 1 atom stereocenters. The molecule has 0 aromatic carbocycles. The van der Waals surface area contributed by atoms with Gasteiger partial charge in [0.1, 0.15) is 0 Å². The molecule has 0 aliphatic carbocycles. The molecule has 0 bridgehead atoms. The zero-order valence-corrected chi connectivity index (χ0v) is 12.4. The van der Waals surface area contributed by atoms with Gasteiger partial charge in [-0.15, -0.1) is 0 Å². The summed E-state index contributed by atoms with van der Waals surface area (Å²) in [5.74, 6) is -1.15. The van der Waals surface area contributed by atoms with Crippen molar-refractivity contribution in [2.45, 2.75) is 39.5 Å². The lowest BCUT2D eigenvalue weighted by atomic mass is 9.82. The number of hydrogen-bond acceptors (Lipinski definition) is 3. The minimum absolute atomic E-state index is 0.118. The van der Waals surface area contributed by atoms with Crippen LogP contribution < -0.4 is 10.6 Å². The number of carboxylic acid groups (broad SMARTS) is 1. The second-order valence-electron chi connectivity index (χ2n) is 5.91. The maximum Gasteiger partial charge on any atom is 0.314 e. The van der Waals surface area contributed by atoms with Gasteiger partial charge in [-0.05, 0) is 31.1 Å². The lowest BCUT2D eigenvalue weighted by Gasteiger charge is -2.33. The van der Waals surface area contributed by atoms with E-state index in [1.165, 1.54) is 0 Å². The van der Waals surface area contributed by atoms with Crippen molar-refractivity contribution >= 4 is 12.0 Å². The number of nitrogens with one attached hydrogen (secondary N) is 2. The first kappa shape index (κ1) is 16.8. The Kier molecular flexibility index (Phi) is 6.78. The van der Waals surface area contributed by atoms with Crippen LogP contribution in [0, 0.1) is 11.3 Å². The molecule has 1 heterocycles. The fraction of sp³-hybridized carbons (Fsp3) is 0.857. The number of carboxylic acids is 1. The minimum atomic E-state index is -0.790. The number of ether oxygens (including phenoxy) is 1. The van der Waals surface area contributed by atoms with Gasteiger partial charge in [0, 0.05) is 26.3 Å². The van der Waals surface area contributed by atoms with Gasteiger partial charge in [0.05, 0.1) is 5.92 Å². The van der Waals surface area contributed by atoms with Crippen molar-refractivity contribution in [2.75, 3.05) is 26.3 Å². The van der Waals surface area contributed by atoms with Gasteiger partial charge in [-0.2, -0.15) is 0 Å². The van der Waals surface area contributed by atoms with Gasteiger partial charge >= 0.3 is 12.0 Å². The SMILES string of the molecule is CC(CCCNC(=O)NCC1(C)CCOCC1)C(=O)O. The fourth-order valence-corrected chi connectivity index (χ4v) is 2.13. The molecule has 1 rings (SSSR count). The molecular weight excluding hydrogens is 260 g/mol. The molecule has 6 nitrogen and oxygen atoms in total. The summed E-state index contributed by atoms with van der Waals surface area (Å²) in [6.07, 6.45) is 3.17. The highest BCUT2D eigenvalue weighted by atomic mass is 16.5. The monoisotopic (exact) mass is 286 g/mol. The lowest BCUT2D eigenvalue weighted by Crippen LogP contribution is -2.43. The molecule has 1 fully saturated rings. The van der Waals surface area contributed by atoms with E-state index in [9.17, 15) is 9.59 Å². The number of urea groups is 1. The Morgan fingerprint density at radius 2 is 1.95 bits per heavy atom. The lowest BCUT2D eigenvalue weighted by molar-refractivity contribution is -0.141. The molecule has 2 amide bonds. The third-order valence-corrected chi connectivity index (χ3v) is 3.90. The van der Waals surface area contributed by atoms with E-state index in [1.807, 2.05) is 0 Å². The summed E-state index contributed by atoms with van der Waals surface area (Å²) < 4.78 is 5.32. The van der Waals surface area contributed by atoms with Crippen LogP contribution in [0.2, 0.25) is 0 Å². The molecule has 0 spiro atoms.